The van der Waals surface area contributed by atoms with E-state index in [4.69, 9.17) is 4.74 Å². The lowest BCUT2D eigenvalue weighted by atomic mass is 9.79. The first-order valence-electron chi connectivity index (χ1n) is 6.48. The van der Waals surface area contributed by atoms with Crippen molar-refractivity contribution in [1.82, 2.24) is 5.32 Å². The molecule has 0 spiro atoms. The summed E-state index contributed by atoms with van der Waals surface area (Å²) in [6.45, 7) is 8.32. The van der Waals surface area contributed by atoms with Crippen LogP contribution >= 0.6 is 0 Å². The van der Waals surface area contributed by atoms with Crippen LogP contribution in [0.2, 0.25) is 0 Å². The molecule has 16 heavy (non-hydrogen) atoms. The lowest BCUT2D eigenvalue weighted by Crippen LogP contribution is -2.39. The van der Waals surface area contributed by atoms with E-state index >= 15 is 0 Å². The first kappa shape index (κ1) is 13.3. The molecule has 0 aromatic heterocycles. The molecule has 1 amide bonds. The molecule has 3 nitrogen and oxygen atoms in total. The fraction of sp³-hybridized carbons (Fsp3) is 0.923. The molecule has 0 aromatic carbocycles. The molecule has 1 N–H and O–H groups in total. The largest absolute Gasteiger partial charge is 0.446 e. The highest BCUT2D eigenvalue weighted by Gasteiger charge is 2.30. The summed E-state index contributed by atoms with van der Waals surface area (Å²) in [4.78, 5) is 11.6. The maximum Gasteiger partial charge on any atom is 0.407 e. The van der Waals surface area contributed by atoms with Gasteiger partial charge in [-0.05, 0) is 44.9 Å². The van der Waals surface area contributed by atoms with E-state index in [9.17, 15) is 4.79 Å². The summed E-state index contributed by atoms with van der Waals surface area (Å²) in [5, 5.41) is 2.79. The molecular weight excluding hydrogens is 202 g/mol. The van der Waals surface area contributed by atoms with Gasteiger partial charge in [-0.1, -0.05) is 20.3 Å². The van der Waals surface area contributed by atoms with Crippen molar-refractivity contribution in [3.63, 3.8) is 0 Å². The Labute approximate surface area is 98.9 Å². The lowest BCUT2D eigenvalue weighted by molar-refractivity contribution is 0.0195. The van der Waals surface area contributed by atoms with E-state index in [-0.39, 0.29) is 18.2 Å². The summed E-state index contributed by atoms with van der Waals surface area (Å²) in [5.74, 6) is 1.13. The second-order valence-electron chi connectivity index (χ2n) is 5.44. The normalized spacial score (nSPS) is 25.9. The number of rotatable bonds is 3. The van der Waals surface area contributed by atoms with Crippen molar-refractivity contribution in [1.29, 1.82) is 0 Å². The fourth-order valence-corrected chi connectivity index (χ4v) is 2.44. The van der Waals surface area contributed by atoms with Gasteiger partial charge in [0.05, 0.1) is 0 Å². The van der Waals surface area contributed by atoms with Crippen LogP contribution in [0.15, 0.2) is 0 Å². The summed E-state index contributed by atoms with van der Waals surface area (Å²) >= 11 is 0. The van der Waals surface area contributed by atoms with Crippen molar-refractivity contribution >= 4 is 6.09 Å². The SMILES string of the molecule is CC(C)NC(=O)OC1CCCCC1C(C)C. The van der Waals surface area contributed by atoms with E-state index < -0.39 is 0 Å². The van der Waals surface area contributed by atoms with E-state index in [2.05, 4.69) is 19.2 Å². The van der Waals surface area contributed by atoms with Crippen molar-refractivity contribution in [2.24, 2.45) is 11.8 Å². The maximum absolute atomic E-state index is 11.6. The molecule has 1 saturated carbocycles. The lowest BCUT2D eigenvalue weighted by Gasteiger charge is -2.33. The van der Waals surface area contributed by atoms with Crippen molar-refractivity contribution in [2.45, 2.75) is 65.5 Å². The number of carbonyl (C=O) groups is 1. The van der Waals surface area contributed by atoms with Crippen LogP contribution in [0.3, 0.4) is 0 Å². The molecule has 0 aliphatic heterocycles. The average molecular weight is 227 g/mol. The quantitative estimate of drug-likeness (QED) is 0.803. The Balaban J connectivity index is 2.46. The van der Waals surface area contributed by atoms with E-state index in [0.717, 1.165) is 6.42 Å². The van der Waals surface area contributed by atoms with Gasteiger partial charge in [-0.25, -0.2) is 4.79 Å². The molecule has 1 aliphatic carbocycles. The number of alkyl carbamates (subject to hydrolysis) is 1. The molecule has 1 rings (SSSR count). The minimum absolute atomic E-state index is 0.118. The summed E-state index contributed by atoms with van der Waals surface area (Å²) in [5.41, 5.74) is 0. The zero-order chi connectivity index (χ0) is 12.1. The first-order valence-corrected chi connectivity index (χ1v) is 6.48. The van der Waals surface area contributed by atoms with Gasteiger partial charge < -0.3 is 10.1 Å². The van der Waals surface area contributed by atoms with Crippen LogP contribution in [0.5, 0.6) is 0 Å². The van der Waals surface area contributed by atoms with Crippen LogP contribution in [-0.4, -0.2) is 18.2 Å². The Morgan fingerprint density at radius 1 is 1.19 bits per heavy atom. The molecule has 0 aromatic rings. The predicted molar refractivity (Wildman–Crippen MR) is 65.3 cm³/mol. The summed E-state index contributed by atoms with van der Waals surface area (Å²) in [6.07, 6.45) is 4.53. The van der Waals surface area contributed by atoms with Crippen molar-refractivity contribution < 1.29 is 9.53 Å². The molecule has 0 heterocycles. The van der Waals surface area contributed by atoms with Crippen molar-refractivity contribution in [2.75, 3.05) is 0 Å². The third-order valence-electron chi connectivity index (χ3n) is 3.27. The molecule has 0 radical (unpaired) electrons. The standard InChI is InChI=1S/C13H25NO2/c1-9(2)11-7-5-6-8-12(11)16-13(15)14-10(3)4/h9-12H,5-8H2,1-4H3,(H,14,15). The summed E-state index contributed by atoms with van der Waals surface area (Å²) in [6, 6.07) is 0.147. The zero-order valence-electron chi connectivity index (χ0n) is 11.0. The van der Waals surface area contributed by atoms with Crippen LogP contribution in [0.4, 0.5) is 4.79 Å². The molecule has 2 atom stereocenters. The van der Waals surface area contributed by atoms with E-state index in [1.807, 2.05) is 13.8 Å². The minimum atomic E-state index is -0.257. The van der Waals surface area contributed by atoms with Gasteiger partial charge >= 0.3 is 6.09 Å². The van der Waals surface area contributed by atoms with Gasteiger partial charge in [-0.2, -0.15) is 0 Å². The molecule has 94 valence electrons. The summed E-state index contributed by atoms with van der Waals surface area (Å²) < 4.78 is 5.53. The van der Waals surface area contributed by atoms with E-state index in [1.54, 1.807) is 0 Å². The Kier molecular flexibility index (Phi) is 5.10. The number of ether oxygens (including phenoxy) is 1. The highest BCUT2D eigenvalue weighted by molar-refractivity contribution is 5.67. The number of carbonyl (C=O) groups excluding carboxylic acids is 1. The second-order valence-corrected chi connectivity index (χ2v) is 5.44. The smallest absolute Gasteiger partial charge is 0.407 e. The van der Waals surface area contributed by atoms with Gasteiger partial charge in [0, 0.05) is 6.04 Å². The first-order chi connectivity index (χ1) is 7.50. The summed E-state index contributed by atoms with van der Waals surface area (Å²) in [7, 11) is 0. The topological polar surface area (TPSA) is 38.3 Å². The molecule has 0 bridgehead atoms. The molecule has 3 heteroatoms. The Morgan fingerprint density at radius 2 is 1.81 bits per heavy atom. The average Bonchev–Trinajstić information content (AvgIpc) is 2.16. The number of nitrogens with one attached hydrogen (secondary N) is 1. The Hall–Kier alpha value is -0.730. The van der Waals surface area contributed by atoms with Gasteiger partial charge in [0.2, 0.25) is 0 Å². The van der Waals surface area contributed by atoms with Crippen LogP contribution in [0.25, 0.3) is 0 Å². The number of hydrogen-bond donors (Lipinski definition) is 1. The van der Waals surface area contributed by atoms with Crippen molar-refractivity contribution in [3.8, 4) is 0 Å². The van der Waals surface area contributed by atoms with Gasteiger partial charge in [0.25, 0.3) is 0 Å². The van der Waals surface area contributed by atoms with Crippen molar-refractivity contribution in [3.05, 3.63) is 0 Å². The highest BCUT2D eigenvalue weighted by atomic mass is 16.6. The Bertz CT molecular complexity index is 226. The monoisotopic (exact) mass is 227 g/mol. The third kappa shape index (κ3) is 4.03. The second kappa shape index (κ2) is 6.12. The highest BCUT2D eigenvalue weighted by Crippen LogP contribution is 2.32. The molecule has 2 unspecified atom stereocenters. The van der Waals surface area contributed by atoms with Gasteiger partial charge in [-0.3, -0.25) is 0 Å². The molecular formula is C13H25NO2. The number of hydrogen-bond acceptors (Lipinski definition) is 2. The fourth-order valence-electron chi connectivity index (χ4n) is 2.44. The van der Waals surface area contributed by atoms with Gasteiger partial charge in [-0.15, -0.1) is 0 Å². The molecule has 0 saturated heterocycles. The Morgan fingerprint density at radius 3 is 2.38 bits per heavy atom. The van der Waals surface area contributed by atoms with Gasteiger partial charge in [0.1, 0.15) is 6.10 Å². The van der Waals surface area contributed by atoms with Crippen LogP contribution in [0.1, 0.15) is 53.4 Å². The van der Waals surface area contributed by atoms with Gasteiger partial charge in [0.15, 0.2) is 0 Å². The van der Waals surface area contributed by atoms with Crippen LogP contribution in [-0.2, 0) is 4.74 Å². The molecule has 1 fully saturated rings. The third-order valence-corrected chi connectivity index (χ3v) is 3.27. The maximum atomic E-state index is 11.6. The predicted octanol–water partition coefficient (Wildman–Crippen LogP) is 3.34. The zero-order valence-corrected chi connectivity index (χ0v) is 11.0. The number of amides is 1. The van der Waals surface area contributed by atoms with E-state index in [0.29, 0.717) is 11.8 Å². The van der Waals surface area contributed by atoms with Crippen LogP contribution in [0, 0.1) is 11.8 Å². The minimum Gasteiger partial charge on any atom is -0.446 e. The van der Waals surface area contributed by atoms with Crippen LogP contribution < -0.4 is 5.32 Å². The van der Waals surface area contributed by atoms with E-state index in [1.165, 1.54) is 19.3 Å². The molecule has 1 aliphatic rings.